The summed E-state index contributed by atoms with van der Waals surface area (Å²) in [5.74, 6) is 1.13. The summed E-state index contributed by atoms with van der Waals surface area (Å²) in [5, 5.41) is 0. The van der Waals surface area contributed by atoms with E-state index in [1.165, 1.54) is 43.2 Å². The van der Waals surface area contributed by atoms with Gasteiger partial charge in [0.1, 0.15) is 17.3 Å². The van der Waals surface area contributed by atoms with Crippen LogP contribution in [0.5, 0.6) is 0 Å². The summed E-state index contributed by atoms with van der Waals surface area (Å²) in [6, 6.07) is 0. The maximum Gasteiger partial charge on any atom is 0.130 e. The molecule has 0 fully saturated rings. The Labute approximate surface area is 100 Å². The summed E-state index contributed by atoms with van der Waals surface area (Å²) in [6.07, 6.45) is 15.3. The number of hydrogen-bond donors (Lipinski definition) is 0. The highest BCUT2D eigenvalue weighted by Crippen LogP contribution is 2.24. The standard InChI is InChI=1S/C11H18O2S2/c1-2-4-6-8-10-12-13-15-14-11-9-7-5-3-1/h4,6,8,10H,1-3,5,7,9,11H2. The molecule has 0 aromatic carbocycles. The van der Waals surface area contributed by atoms with Gasteiger partial charge in [-0.1, -0.05) is 42.2 Å². The molecule has 0 bridgehead atoms. The fourth-order valence-electron chi connectivity index (χ4n) is 1.30. The van der Waals surface area contributed by atoms with Crippen LogP contribution in [-0.4, -0.2) is 5.75 Å². The summed E-state index contributed by atoms with van der Waals surface area (Å²) in [6.45, 7) is 0. The average Bonchev–Trinajstić information content (AvgIpc) is 2.27. The van der Waals surface area contributed by atoms with Crippen LogP contribution in [0.4, 0.5) is 0 Å². The van der Waals surface area contributed by atoms with Crippen molar-refractivity contribution in [3.8, 4) is 0 Å². The molecule has 0 unspecified atom stereocenters. The van der Waals surface area contributed by atoms with Crippen molar-refractivity contribution in [2.75, 3.05) is 5.75 Å². The molecule has 86 valence electrons. The van der Waals surface area contributed by atoms with Crippen LogP contribution in [-0.2, 0) is 9.22 Å². The van der Waals surface area contributed by atoms with Gasteiger partial charge >= 0.3 is 0 Å². The molecule has 0 spiro atoms. The summed E-state index contributed by atoms with van der Waals surface area (Å²) >= 11 is 1.30. The van der Waals surface area contributed by atoms with Gasteiger partial charge in [-0.15, -0.1) is 4.33 Å². The second-order valence-corrected chi connectivity index (χ2v) is 5.40. The Morgan fingerprint density at radius 1 is 0.933 bits per heavy atom. The van der Waals surface area contributed by atoms with Crippen molar-refractivity contribution in [1.29, 1.82) is 0 Å². The van der Waals surface area contributed by atoms with Crippen molar-refractivity contribution >= 4 is 21.9 Å². The predicted molar refractivity (Wildman–Crippen MR) is 68.2 cm³/mol. The lowest BCUT2D eigenvalue weighted by Gasteiger charge is -2.00. The van der Waals surface area contributed by atoms with Crippen molar-refractivity contribution in [1.82, 2.24) is 0 Å². The summed E-state index contributed by atoms with van der Waals surface area (Å²) in [4.78, 5) is 4.82. The van der Waals surface area contributed by atoms with E-state index in [1.807, 2.05) is 12.2 Å². The molecule has 0 saturated carbocycles. The fourth-order valence-corrected chi connectivity index (χ4v) is 2.58. The fraction of sp³-hybridized carbons (Fsp3) is 0.636. The molecular weight excluding hydrogens is 228 g/mol. The van der Waals surface area contributed by atoms with Crippen LogP contribution in [0.15, 0.2) is 24.5 Å². The van der Waals surface area contributed by atoms with Crippen LogP contribution in [0.1, 0.15) is 38.5 Å². The van der Waals surface area contributed by atoms with Gasteiger partial charge in [-0.3, -0.25) is 0 Å². The van der Waals surface area contributed by atoms with Crippen LogP contribution >= 0.6 is 21.9 Å². The first-order valence-corrected chi connectivity index (χ1v) is 7.68. The van der Waals surface area contributed by atoms with E-state index in [1.54, 1.807) is 17.1 Å². The van der Waals surface area contributed by atoms with Crippen molar-refractivity contribution in [3.63, 3.8) is 0 Å². The molecule has 0 N–H and O–H groups in total. The molecule has 1 rings (SSSR count). The Balaban J connectivity index is 2.16. The van der Waals surface area contributed by atoms with E-state index in [0.717, 1.165) is 12.2 Å². The smallest absolute Gasteiger partial charge is 0.130 e. The van der Waals surface area contributed by atoms with E-state index >= 15 is 0 Å². The second-order valence-electron chi connectivity index (χ2n) is 3.37. The van der Waals surface area contributed by atoms with Gasteiger partial charge in [0.25, 0.3) is 0 Å². The molecule has 0 saturated heterocycles. The highest BCUT2D eigenvalue weighted by Gasteiger charge is 1.93. The minimum Gasteiger partial charge on any atom is -0.332 e. The molecule has 1 heterocycles. The van der Waals surface area contributed by atoms with E-state index in [0.29, 0.717) is 0 Å². The zero-order valence-electron chi connectivity index (χ0n) is 8.89. The predicted octanol–water partition coefficient (Wildman–Crippen LogP) is 4.66. The van der Waals surface area contributed by atoms with Gasteiger partial charge in [0.2, 0.25) is 0 Å². The molecule has 0 atom stereocenters. The van der Waals surface area contributed by atoms with Crippen molar-refractivity contribution in [2.24, 2.45) is 0 Å². The molecule has 4 heteroatoms. The number of rotatable bonds is 0. The van der Waals surface area contributed by atoms with Crippen molar-refractivity contribution < 1.29 is 9.22 Å². The lowest BCUT2D eigenvalue weighted by molar-refractivity contribution is -0.127. The topological polar surface area (TPSA) is 18.5 Å². The monoisotopic (exact) mass is 246 g/mol. The minimum absolute atomic E-state index is 1.13. The molecular formula is C11H18O2S2. The average molecular weight is 246 g/mol. The first-order valence-electron chi connectivity index (χ1n) is 5.43. The maximum atomic E-state index is 4.87. The molecule has 15 heavy (non-hydrogen) atoms. The Bertz CT molecular complexity index is 173. The largest absolute Gasteiger partial charge is 0.332 e. The number of allylic oxidation sites excluding steroid dienone is 3. The third-order valence-corrected chi connectivity index (χ3v) is 3.74. The molecule has 1 aliphatic rings. The lowest BCUT2D eigenvalue weighted by atomic mass is 10.1. The zero-order valence-corrected chi connectivity index (χ0v) is 10.5. The van der Waals surface area contributed by atoms with E-state index in [-0.39, 0.29) is 0 Å². The summed E-state index contributed by atoms with van der Waals surface area (Å²) in [5.41, 5.74) is 0. The molecule has 0 radical (unpaired) electrons. The zero-order chi connectivity index (χ0) is 10.6. The van der Waals surface area contributed by atoms with Crippen molar-refractivity contribution in [3.05, 3.63) is 24.5 Å². The van der Waals surface area contributed by atoms with Gasteiger partial charge in [-0.25, -0.2) is 0 Å². The van der Waals surface area contributed by atoms with Crippen LogP contribution < -0.4 is 0 Å². The molecule has 0 aromatic heterocycles. The van der Waals surface area contributed by atoms with Crippen LogP contribution in [0.25, 0.3) is 0 Å². The van der Waals surface area contributed by atoms with E-state index in [9.17, 15) is 0 Å². The van der Waals surface area contributed by atoms with E-state index in [4.69, 9.17) is 9.22 Å². The highest BCUT2D eigenvalue weighted by molar-refractivity contribution is 8.74. The van der Waals surface area contributed by atoms with Crippen LogP contribution in [0, 0.1) is 0 Å². The van der Waals surface area contributed by atoms with Crippen molar-refractivity contribution in [2.45, 2.75) is 38.5 Å². The summed E-state index contributed by atoms with van der Waals surface area (Å²) in [7, 11) is 1.70. The van der Waals surface area contributed by atoms with E-state index in [2.05, 4.69) is 6.08 Å². The highest BCUT2D eigenvalue weighted by atomic mass is 33.1. The Morgan fingerprint density at radius 3 is 2.80 bits per heavy atom. The van der Waals surface area contributed by atoms with Gasteiger partial charge in [0, 0.05) is 5.75 Å². The van der Waals surface area contributed by atoms with Crippen LogP contribution in [0.2, 0.25) is 0 Å². The maximum absolute atomic E-state index is 4.87. The Hall–Kier alpha value is -0.0600. The first kappa shape index (κ1) is 13.0. The van der Waals surface area contributed by atoms with Gasteiger partial charge in [0.15, 0.2) is 0 Å². The molecule has 1 aliphatic heterocycles. The SMILES string of the molecule is C1=CCCCCCCCSSOOC=C1. The minimum atomic E-state index is 1.13. The summed E-state index contributed by atoms with van der Waals surface area (Å²) < 4.78 is 4.87. The second kappa shape index (κ2) is 10.5. The molecule has 0 aliphatic carbocycles. The lowest BCUT2D eigenvalue weighted by Crippen LogP contribution is -1.81. The third kappa shape index (κ3) is 8.90. The van der Waals surface area contributed by atoms with Gasteiger partial charge in [0.05, 0.1) is 0 Å². The molecule has 2 nitrogen and oxygen atoms in total. The Morgan fingerprint density at radius 2 is 1.80 bits per heavy atom. The van der Waals surface area contributed by atoms with E-state index < -0.39 is 0 Å². The Kier molecular flexibility index (Phi) is 9.07. The van der Waals surface area contributed by atoms with Gasteiger partial charge in [-0.05, 0) is 25.3 Å². The van der Waals surface area contributed by atoms with Gasteiger partial charge in [-0.2, -0.15) is 0 Å². The molecule has 0 aromatic rings. The number of hydrogen-bond acceptors (Lipinski definition) is 4. The third-order valence-electron chi connectivity index (χ3n) is 2.09. The molecule has 0 amide bonds. The van der Waals surface area contributed by atoms with Gasteiger partial charge < -0.3 is 4.89 Å². The quantitative estimate of drug-likeness (QED) is 0.351. The normalized spacial score (nSPS) is 21.3. The van der Waals surface area contributed by atoms with Crippen LogP contribution in [0.3, 0.4) is 0 Å². The first-order chi connectivity index (χ1) is 7.50.